The Hall–Kier alpha value is -1.37. The Bertz CT molecular complexity index is 586. The minimum absolute atomic E-state index is 0.0353. The highest BCUT2D eigenvalue weighted by Crippen LogP contribution is 2.32. The van der Waals surface area contributed by atoms with Crippen LogP contribution in [0, 0.1) is 0 Å². The molecule has 0 aliphatic carbocycles. The van der Waals surface area contributed by atoms with E-state index in [4.69, 9.17) is 27.2 Å². The molecule has 1 aliphatic heterocycles. The van der Waals surface area contributed by atoms with Crippen LogP contribution in [0.25, 0.3) is 11.0 Å². The van der Waals surface area contributed by atoms with Crippen molar-refractivity contribution in [2.24, 2.45) is 0 Å². The second kappa shape index (κ2) is 4.38. The molecule has 0 amide bonds. The molecule has 3 heterocycles. The van der Waals surface area contributed by atoms with E-state index in [0.717, 1.165) is 18.2 Å². The minimum Gasteiger partial charge on any atom is -0.394 e. The highest BCUT2D eigenvalue weighted by molar-refractivity contribution is 6.34. The second-order valence-corrected chi connectivity index (χ2v) is 4.66. The third-order valence-corrected chi connectivity index (χ3v) is 3.43. The first-order chi connectivity index (χ1) is 8.69. The van der Waals surface area contributed by atoms with Gasteiger partial charge in [-0.1, -0.05) is 11.6 Å². The standard InChI is InChI=1S/C11H13ClN4O2/c12-9-7-3-4-16(10(7)15-11(13)14-9)8-2-1-6(5-17)18-8/h3-4,6,8,17H,1-2,5H2,(H2,13,14,15). The zero-order valence-corrected chi connectivity index (χ0v) is 10.3. The minimum atomic E-state index is -0.134. The van der Waals surface area contributed by atoms with Crippen molar-refractivity contribution in [2.75, 3.05) is 12.3 Å². The number of rotatable bonds is 2. The molecule has 96 valence electrons. The smallest absolute Gasteiger partial charge is 0.223 e. The normalized spacial score (nSPS) is 23.9. The molecule has 3 N–H and O–H groups in total. The summed E-state index contributed by atoms with van der Waals surface area (Å²) >= 11 is 6.01. The summed E-state index contributed by atoms with van der Waals surface area (Å²) in [6.07, 6.45) is 3.27. The number of aromatic nitrogens is 3. The molecule has 0 aromatic carbocycles. The third-order valence-electron chi connectivity index (χ3n) is 3.14. The van der Waals surface area contributed by atoms with E-state index in [-0.39, 0.29) is 24.9 Å². The molecular weight excluding hydrogens is 256 g/mol. The molecule has 0 radical (unpaired) electrons. The van der Waals surface area contributed by atoms with Crippen molar-refractivity contribution in [1.29, 1.82) is 0 Å². The SMILES string of the molecule is Nc1nc(Cl)c2ccn(C3CCC(CO)O3)c2n1. The van der Waals surface area contributed by atoms with Crippen LogP contribution in [0.4, 0.5) is 5.95 Å². The molecule has 1 saturated heterocycles. The van der Waals surface area contributed by atoms with E-state index >= 15 is 0 Å². The summed E-state index contributed by atoms with van der Waals surface area (Å²) in [6.45, 7) is 0.0353. The largest absolute Gasteiger partial charge is 0.394 e. The number of anilines is 1. The van der Waals surface area contributed by atoms with Crippen LogP contribution in [-0.2, 0) is 4.74 Å². The van der Waals surface area contributed by atoms with Crippen molar-refractivity contribution >= 4 is 28.6 Å². The van der Waals surface area contributed by atoms with Crippen LogP contribution in [0.1, 0.15) is 19.1 Å². The fourth-order valence-corrected chi connectivity index (χ4v) is 2.50. The predicted octanol–water partition coefficient (Wildman–Crippen LogP) is 1.34. The Kier molecular flexibility index (Phi) is 2.85. The summed E-state index contributed by atoms with van der Waals surface area (Å²) in [4.78, 5) is 8.11. The quantitative estimate of drug-likeness (QED) is 0.803. The first kappa shape index (κ1) is 11.7. The zero-order chi connectivity index (χ0) is 12.7. The maximum Gasteiger partial charge on any atom is 0.223 e. The average Bonchev–Trinajstić information content (AvgIpc) is 2.93. The molecule has 18 heavy (non-hydrogen) atoms. The van der Waals surface area contributed by atoms with Crippen molar-refractivity contribution in [3.05, 3.63) is 17.4 Å². The lowest BCUT2D eigenvalue weighted by molar-refractivity contribution is -0.0204. The highest BCUT2D eigenvalue weighted by Gasteiger charge is 2.27. The molecule has 2 aromatic heterocycles. The van der Waals surface area contributed by atoms with Gasteiger partial charge in [0.2, 0.25) is 5.95 Å². The van der Waals surface area contributed by atoms with E-state index in [9.17, 15) is 0 Å². The van der Waals surface area contributed by atoms with Crippen molar-refractivity contribution in [1.82, 2.24) is 14.5 Å². The molecule has 0 saturated carbocycles. The van der Waals surface area contributed by atoms with Gasteiger partial charge in [-0.15, -0.1) is 0 Å². The van der Waals surface area contributed by atoms with Gasteiger partial charge in [0.25, 0.3) is 0 Å². The molecule has 1 aliphatic rings. The van der Waals surface area contributed by atoms with Gasteiger partial charge in [-0.25, -0.2) is 4.98 Å². The number of aliphatic hydroxyl groups excluding tert-OH is 1. The van der Waals surface area contributed by atoms with Gasteiger partial charge in [-0.05, 0) is 18.9 Å². The lowest BCUT2D eigenvalue weighted by Gasteiger charge is -2.14. The van der Waals surface area contributed by atoms with E-state index in [1.165, 1.54) is 0 Å². The maximum atomic E-state index is 9.08. The van der Waals surface area contributed by atoms with Crippen LogP contribution in [0.3, 0.4) is 0 Å². The van der Waals surface area contributed by atoms with Crippen molar-refractivity contribution in [3.8, 4) is 0 Å². The molecule has 2 unspecified atom stereocenters. The Labute approximate surface area is 108 Å². The van der Waals surface area contributed by atoms with Gasteiger partial charge in [0, 0.05) is 6.20 Å². The second-order valence-electron chi connectivity index (χ2n) is 4.31. The van der Waals surface area contributed by atoms with Gasteiger partial charge >= 0.3 is 0 Å². The molecule has 2 atom stereocenters. The topological polar surface area (TPSA) is 86.2 Å². The number of halogens is 1. The van der Waals surface area contributed by atoms with Gasteiger partial charge in [-0.3, -0.25) is 0 Å². The summed E-state index contributed by atoms with van der Waals surface area (Å²) in [7, 11) is 0. The van der Waals surface area contributed by atoms with Gasteiger partial charge in [0.15, 0.2) is 0 Å². The van der Waals surface area contributed by atoms with Crippen LogP contribution in [0.2, 0.25) is 5.15 Å². The zero-order valence-electron chi connectivity index (χ0n) is 9.58. The summed E-state index contributed by atoms with van der Waals surface area (Å²) in [6, 6.07) is 1.84. The van der Waals surface area contributed by atoms with Gasteiger partial charge in [-0.2, -0.15) is 4.98 Å². The fourth-order valence-electron chi connectivity index (χ4n) is 2.27. The van der Waals surface area contributed by atoms with Crippen LogP contribution >= 0.6 is 11.6 Å². The number of nitrogens with zero attached hydrogens (tertiary/aromatic N) is 3. The van der Waals surface area contributed by atoms with Crippen molar-refractivity contribution < 1.29 is 9.84 Å². The van der Waals surface area contributed by atoms with E-state index < -0.39 is 0 Å². The summed E-state index contributed by atoms with van der Waals surface area (Å²) in [5, 5.41) is 10.2. The van der Waals surface area contributed by atoms with Crippen LogP contribution in [-0.4, -0.2) is 32.4 Å². The molecule has 7 heteroatoms. The Morgan fingerprint density at radius 2 is 2.33 bits per heavy atom. The van der Waals surface area contributed by atoms with Crippen LogP contribution in [0.15, 0.2) is 12.3 Å². The number of hydrogen-bond donors (Lipinski definition) is 2. The molecule has 3 rings (SSSR count). The van der Waals surface area contributed by atoms with Gasteiger partial charge < -0.3 is 20.1 Å². The molecule has 1 fully saturated rings. The van der Waals surface area contributed by atoms with Crippen LogP contribution in [0.5, 0.6) is 0 Å². The lowest BCUT2D eigenvalue weighted by atomic mass is 10.2. The van der Waals surface area contributed by atoms with E-state index in [2.05, 4.69) is 9.97 Å². The van der Waals surface area contributed by atoms with E-state index in [1.54, 1.807) is 0 Å². The number of aliphatic hydroxyl groups is 1. The molecule has 0 bridgehead atoms. The highest BCUT2D eigenvalue weighted by atomic mass is 35.5. The number of nitrogen functional groups attached to an aromatic ring is 1. The van der Waals surface area contributed by atoms with E-state index in [0.29, 0.717) is 10.8 Å². The van der Waals surface area contributed by atoms with Crippen LogP contribution < -0.4 is 5.73 Å². The average molecular weight is 269 g/mol. The molecule has 6 nitrogen and oxygen atoms in total. The van der Waals surface area contributed by atoms with Crippen molar-refractivity contribution in [2.45, 2.75) is 25.2 Å². The molecular formula is C11H13ClN4O2. The van der Waals surface area contributed by atoms with Crippen molar-refractivity contribution in [3.63, 3.8) is 0 Å². The third kappa shape index (κ3) is 1.82. The summed E-state index contributed by atoms with van der Waals surface area (Å²) < 4.78 is 7.60. The summed E-state index contributed by atoms with van der Waals surface area (Å²) in [5.41, 5.74) is 6.27. The summed E-state index contributed by atoms with van der Waals surface area (Å²) in [5.74, 6) is 0.143. The Morgan fingerprint density at radius 1 is 1.50 bits per heavy atom. The van der Waals surface area contributed by atoms with Gasteiger partial charge in [0.1, 0.15) is 17.0 Å². The molecule has 2 aromatic rings. The number of ether oxygens (including phenoxy) is 1. The lowest BCUT2D eigenvalue weighted by Crippen LogP contribution is -2.14. The predicted molar refractivity (Wildman–Crippen MR) is 67.2 cm³/mol. The maximum absolute atomic E-state index is 9.08. The first-order valence-electron chi connectivity index (χ1n) is 5.75. The van der Waals surface area contributed by atoms with E-state index in [1.807, 2.05) is 16.8 Å². The first-order valence-corrected chi connectivity index (χ1v) is 6.12. The number of nitrogens with two attached hydrogens (primary N) is 1. The number of fused-ring (bicyclic) bond motifs is 1. The Morgan fingerprint density at radius 3 is 3.06 bits per heavy atom. The monoisotopic (exact) mass is 268 g/mol. The fraction of sp³-hybridized carbons (Fsp3) is 0.455. The van der Waals surface area contributed by atoms with Gasteiger partial charge in [0.05, 0.1) is 18.1 Å². The Balaban J connectivity index is 2.03. The molecule has 0 spiro atoms. The number of hydrogen-bond acceptors (Lipinski definition) is 5.